The van der Waals surface area contributed by atoms with E-state index >= 15 is 0 Å². The van der Waals surface area contributed by atoms with E-state index in [0.29, 0.717) is 19.7 Å². The summed E-state index contributed by atoms with van der Waals surface area (Å²) in [5, 5.41) is 0. The van der Waals surface area contributed by atoms with Crippen molar-refractivity contribution in [2.75, 3.05) is 45.9 Å². The lowest BCUT2D eigenvalue weighted by atomic mass is 10.1. The Morgan fingerprint density at radius 1 is 0.952 bits per heavy atom. The normalized spacial score (nSPS) is 22.0. The van der Waals surface area contributed by atoms with Crippen LogP contribution in [-0.2, 0) is 9.53 Å². The van der Waals surface area contributed by atoms with Gasteiger partial charge in [-0.15, -0.1) is 0 Å². The number of hydrogen-bond donors (Lipinski definition) is 0. The molecule has 2 rings (SSSR count). The minimum absolute atomic E-state index is 0.165. The van der Waals surface area contributed by atoms with Crippen LogP contribution in [0.3, 0.4) is 0 Å². The molecule has 0 bridgehead atoms. The highest BCUT2D eigenvalue weighted by molar-refractivity contribution is 5.76. The quantitative estimate of drug-likeness (QED) is 0.734. The van der Waals surface area contributed by atoms with Gasteiger partial charge in [0.05, 0.1) is 6.61 Å². The van der Waals surface area contributed by atoms with Crippen molar-refractivity contribution in [3.63, 3.8) is 0 Å². The molecule has 2 amide bonds. The molecule has 2 saturated heterocycles. The van der Waals surface area contributed by atoms with Crippen molar-refractivity contribution in [2.24, 2.45) is 0 Å². The summed E-state index contributed by atoms with van der Waals surface area (Å²) in [6.45, 7) is 8.74. The van der Waals surface area contributed by atoms with Crippen LogP contribution in [0.15, 0.2) is 0 Å². The number of likely N-dealkylation sites (tertiary alicyclic amines) is 1. The van der Waals surface area contributed by atoms with E-state index in [1.807, 2.05) is 23.6 Å². The molecule has 21 heavy (non-hydrogen) atoms. The molecule has 2 aliphatic rings. The Labute approximate surface area is 127 Å². The molecule has 2 fully saturated rings. The molecule has 2 heterocycles. The smallest absolute Gasteiger partial charge is 0.323 e. The fourth-order valence-corrected chi connectivity index (χ4v) is 3.00. The summed E-state index contributed by atoms with van der Waals surface area (Å²) in [7, 11) is 0. The van der Waals surface area contributed by atoms with E-state index in [9.17, 15) is 9.59 Å². The number of piperazine rings is 1. The number of piperidine rings is 1. The molecule has 0 aliphatic carbocycles. The van der Waals surface area contributed by atoms with Crippen molar-refractivity contribution >= 4 is 12.0 Å². The van der Waals surface area contributed by atoms with E-state index in [1.165, 1.54) is 6.42 Å². The third kappa shape index (κ3) is 4.09. The lowest BCUT2D eigenvalue weighted by Crippen LogP contribution is -2.56. The SMILES string of the molecule is CCOC(=O)[C@@H](C)N1CCN(C(=O)N2CCCCC2)CC1. The molecule has 0 aromatic rings. The second-order valence-electron chi connectivity index (χ2n) is 5.78. The van der Waals surface area contributed by atoms with Crippen LogP contribution >= 0.6 is 0 Å². The number of urea groups is 1. The summed E-state index contributed by atoms with van der Waals surface area (Å²) in [5.74, 6) is -0.173. The highest BCUT2D eigenvalue weighted by atomic mass is 16.5. The van der Waals surface area contributed by atoms with E-state index in [0.717, 1.165) is 39.0 Å². The number of carbonyl (C=O) groups excluding carboxylic acids is 2. The van der Waals surface area contributed by atoms with Crippen LogP contribution in [0.2, 0.25) is 0 Å². The number of nitrogens with zero attached hydrogens (tertiary/aromatic N) is 3. The monoisotopic (exact) mass is 297 g/mol. The van der Waals surface area contributed by atoms with Crippen LogP contribution in [-0.4, -0.2) is 78.6 Å². The van der Waals surface area contributed by atoms with Crippen molar-refractivity contribution in [1.82, 2.24) is 14.7 Å². The lowest BCUT2D eigenvalue weighted by molar-refractivity contribution is -0.149. The Bertz CT molecular complexity index is 361. The van der Waals surface area contributed by atoms with Crippen molar-refractivity contribution in [3.05, 3.63) is 0 Å². The van der Waals surface area contributed by atoms with Crippen LogP contribution < -0.4 is 0 Å². The summed E-state index contributed by atoms with van der Waals surface area (Å²) in [5.41, 5.74) is 0. The minimum atomic E-state index is -0.225. The molecule has 6 heteroatoms. The first-order valence-electron chi connectivity index (χ1n) is 8.08. The highest BCUT2D eigenvalue weighted by Gasteiger charge is 2.30. The van der Waals surface area contributed by atoms with E-state index in [4.69, 9.17) is 4.74 Å². The summed E-state index contributed by atoms with van der Waals surface area (Å²) < 4.78 is 5.06. The average Bonchev–Trinajstić information content (AvgIpc) is 2.54. The minimum Gasteiger partial charge on any atom is -0.465 e. The standard InChI is InChI=1S/C15H27N3O3/c1-3-21-14(19)13(2)16-9-11-18(12-10-16)15(20)17-7-5-4-6-8-17/h13H,3-12H2,1-2H3/t13-/m1/s1. The summed E-state index contributed by atoms with van der Waals surface area (Å²) in [6, 6.07) is -0.0599. The molecule has 0 spiro atoms. The lowest BCUT2D eigenvalue weighted by Gasteiger charge is -2.39. The molecule has 0 N–H and O–H groups in total. The van der Waals surface area contributed by atoms with Gasteiger partial charge in [0.25, 0.3) is 0 Å². The van der Waals surface area contributed by atoms with E-state index in [-0.39, 0.29) is 18.0 Å². The maximum atomic E-state index is 12.4. The van der Waals surface area contributed by atoms with Gasteiger partial charge < -0.3 is 14.5 Å². The molecular weight excluding hydrogens is 270 g/mol. The molecule has 120 valence electrons. The number of ether oxygens (including phenoxy) is 1. The van der Waals surface area contributed by atoms with Crippen LogP contribution in [0.4, 0.5) is 4.79 Å². The van der Waals surface area contributed by atoms with Crippen molar-refractivity contribution in [1.29, 1.82) is 0 Å². The van der Waals surface area contributed by atoms with Gasteiger partial charge in [-0.1, -0.05) is 0 Å². The molecule has 0 radical (unpaired) electrons. The summed E-state index contributed by atoms with van der Waals surface area (Å²) >= 11 is 0. The zero-order chi connectivity index (χ0) is 15.2. The topological polar surface area (TPSA) is 53.1 Å². The Kier molecular flexibility index (Phi) is 5.85. The molecule has 0 saturated carbocycles. The van der Waals surface area contributed by atoms with E-state index in [1.54, 1.807) is 0 Å². The molecule has 6 nitrogen and oxygen atoms in total. The highest BCUT2D eigenvalue weighted by Crippen LogP contribution is 2.14. The first kappa shape index (κ1) is 16.1. The van der Waals surface area contributed by atoms with Gasteiger partial charge in [-0.3, -0.25) is 9.69 Å². The number of hydrogen-bond acceptors (Lipinski definition) is 4. The van der Waals surface area contributed by atoms with Gasteiger partial charge in [0.2, 0.25) is 0 Å². The predicted molar refractivity (Wildman–Crippen MR) is 80.1 cm³/mol. The maximum Gasteiger partial charge on any atom is 0.323 e. The Morgan fingerprint density at radius 2 is 1.52 bits per heavy atom. The third-order valence-electron chi connectivity index (χ3n) is 4.39. The van der Waals surface area contributed by atoms with Gasteiger partial charge in [-0.2, -0.15) is 0 Å². The number of esters is 1. The zero-order valence-corrected chi connectivity index (χ0v) is 13.2. The second-order valence-corrected chi connectivity index (χ2v) is 5.78. The average molecular weight is 297 g/mol. The number of carbonyl (C=O) groups is 2. The van der Waals surface area contributed by atoms with Gasteiger partial charge in [0.1, 0.15) is 6.04 Å². The van der Waals surface area contributed by atoms with E-state index < -0.39 is 0 Å². The van der Waals surface area contributed by atoms with Gasteiger partial charge in [-0.05, 0) is 33.1 Å². The molecule has 1 atom stereocenters. The van der Waals surface area contributed by atoms with Crippen molar-refractivity contribution < 1.29 is 14.3 Å². The molecule has 0 unspecified atom stereocenters. The third-order valence-corrected chi connectivity index (χ3v) is 4.39. The van der Waals surface area contributed by atoms with Gasteiger partial charge >= 0.3 is 12.0 Å². The molecule has 2 aliphatic heterocycles. The van der Waals surface area contributed by atoms with Gasteiger partial charge in [0.15, 0.2) is 0 Å². The largest absolute Gasteiger partial charge is 0.465 e. The van der Waals surface area contributed by atoms with Crippen LogP contribution in [0.1, 0.15) is 33.1 Å². The van der Waals surface area contributed by atoms with E-state index in [2.05, 4.69) is 4.90 Å². The Balaban J connectivity index is 1.79. The maximum absolute atomic E-state index is 12.4. The fraction of sp³-hybridized carbons (Fsp3) is 0.867. The molecule has 0 aromatic heterocycles. The second kappa shape index (κ2) is 7.64. The summed E-state index contributed by atoms with van der Waals surface area (Å²) in [4.78, 5) is 30.1. The van der Waals surface area contributed by atoms with Gasteiger partial charge in [0, 0.05) is 39.3 Å². The number of rotatable bonds is 3. The van der Waals surface area contributed by atoms with Crippen LogP contribution in [0.25, 0.3) is 0 Å². The number of amides is 2. The Hall–Kier alpha value is -1.30. The van der Waals surface area contributed by atoms with Crippen LogP contribution in [0.5, 0.6) is 0 Å². The summed E-state index contributed by atoms with van der Waals surface area (Å²) in [6.07, 6.45) is 3.46. The first-order valence-corrected chi connectivity index (χ1v) is 8.08. The zero-order valence-electron chi connectivity index (χ0n) is 13.2. The van der Waals surface area contributed by atoms with Gasteiger partial charge in [-0.25, -0.2) is 4.79 Å². The first-order chi connectivity index (χ1) is 10.1. The van der Waals surface area contributed by atoms with Crippen molar-refractivity contribution in [3.8, 4) is 0 Å². The van der Waals surface area contributed by atoms with Crippen LogP contribution in [0, 0.1) is 0 Å². The fourth-order valence-electron chi connectivity index (χ4n) is 3.00. The van der Waals surface area contributed by atoms with Crippen molar-refractivity contribution in [2.45, 2.75) is 39.2 Å². The predicted octanol–water partition coefficient (Wildman–Crippen LogP) is 1.16. The molecular formula is C15H27N3O3. The molecule has 0 aromatic carbocycles. The Morgan fingerprint density at radius 3 is 2.10 bits per heavy atom.